The predicted octanol–water partition coefficient (Wildman–Crippen LogP) is 2.58. The van der Waals surface area contributed by atoms with Crippen molar-refractivity contribution in [3.8, 4) is 11.3 Å². The van der Waals surface area contributed by atoms with Gasteiger partial charge in [0.15, 0.2) is 0 Å². The lowest BCUT2D eigenvalue weighted by Crippen LogP contribution is -2.23. The zero-order chi connectivity index (χ0) is 16.2. The molecule has 0 unspecified atom stereocenters. The van der Waals surface area contributed by atoms with E-state index in [0.29, 0.717) is 17.8 Å². The van der Waals surface area contributed by atoms with Gasteiger partial charge >= 0.3 is 0 Å². The number of carbonyl (C=O) groups excluding carboxylic acids is 1. The number of nitrogens with one attached hydrogen (secondary N) is 2. The van der Waals surface area contributed by atoms with Crippen LogP contribution in [0, 0.1) is 0 Å². The lowest BCUT2D eigenvalue weighted by atomic mass is 9.96. The first kappa shape index (κ1) is 15.5. The van der Waals surface area contributed by atoms with Crippen molar-refractivity contribution in [3.05, 3.63) is 18.5 Å². The van der Waals surface area contributed by atoms with E-state index in [9.17, 15) is 4.79 Å². The molecule has 2 N–H and O–H groups in total. The van der Waals surface area contributed by atoms with Gasteiger partial charge < -0.3 is 10.6 Å². The van der Waals surface area contributed by atoms with Crippen molar-refractivity contribution in [1.82, 2.24) is 19.7 Å². The van der Waals surface area contributed by atoms with E-state index in [0.717, 1.165) is 24.1 Å². The highest BCUT2D eigenvalue weighted by molar-refractivity contribution is 5.92. The molecule has 0 aromatic carbocycles. The van der Waals surface area contributed by atoms with Crippen LogP contribution in [0.3, 0.4) is 0 Å². The van der Waals surface area contributed by atoms with Crippen LogP contribution in [-0.2, 0) is 11.8 Å². The van der Waals surface area contributed by atoms with Crippen molar-refractivity contribution in [2.45, 2.75) is 45.1 Å². The molecular weight excluding hydrogens is 292 g/mol. The minimum absolute atomic E-state index is 0.135. The third-order valence-electron chi connectivity index (χ3n) is 4.10. The summed E-state index contributed by atoms with van der Waals surface area (Å²) in [5.41, 5.74) is 1.53. The molecule has 1 fully saturated rings. The smallest absolute Gasteiger partial charge is 0.223 e. The van der Waals surface area contributed by atoms with E-state index in [-0.39, 0.29) is 5.91 Å². The normalized spacial score (nSPS) is 15.4. The maximum Gasteiger partial charge on any atom is 0.223 e. The fraction of sp³-hybridized carbons (Fsp3) is 0.500. The van der Waals surface area contributed by atoms with Crippen molar-refractivity contribution in [3.63, 3.8) is 0 Å². The van der Waals surface area contributed by atoms with Crippen LogP contribution in [0.25, 0.3) is 11.3 Å². The topological polar surface area (TPSA) is 84.7 Å². The summed E-state index contributed by atoms with van der Waals surface area (Å²) >= 11 is 0. The first-order valence-electron chi connectivity index (χ1n) is 8.03. The molecule has 0 bridgehead atoms. The number of nitrogens with zero attached hydrogens (tertiary/aromatic N) is 4. The third-order valence-corrected chi connectivity index (χ3v) is 4.10. The molecule has 1 aliphatic rings. The SMILES string of the molecule is CC(=O)Nc1c(-c2ccnc(NC3CCCCC3)n2)cnn1C. The third kappa shape index (κ3) is 3.67. The van der Waals surface area contributed by atoms with Crippen LogP contribution in [0.5, 0.6) is 0 Å². The molecule has 2 aromatic rings. The number of carbonyl (C=O) groups is 1. The maximum atomic E-state index is 11.4. The number of hydrogen-bond donors (Lipinski definition) is 2. The Labute approximate surface area is 135 Å². The van der Waals surface area contributed by atoms with Crippen LogP contribution in [0.15, 0.2) is 18.5 Å². The maximum absolute atomic E-state index is 11.4. The summed E-state index contributed by atoms with van der Waals surface area (Å²) in [6, 6.07) is 2.27. The standard InChI is InChI=1S/C16H22N6O/c1-11(23)19-15-13(10-18-22(15)2)14-8-9-17-16(21-14)20-12-6-4-3-5-7-12/h8-10,12H,3-7H2,1-2H3,(H,19,23)(H,17,20,21). The average molecular weight is 314 g/mol. The Morgan fingerprint density at radius 1 is 1.30 bits per heavy atom. The highest BCUT2D eigenvalue weighted by atomic mass is 16.1. The summed E-state index contributed by atoms with van der Waals surface area (Å²) in [4.78, 5) is 20.3. The molecule has 122 valence electrons. The van der Waals surface area contributed by atoms with Crippen LogP contribution < -0.4 is 10.6 Å². The van der Waals surface area contributed by atoms with Crippen LogP contribution in [0.2, 0.25) is 0 Å². The zero-order valence-electron chi connectivity index (χ0n) is 13.5. The van der Waals surface area contributed by atoms with Gasteiger partial charge in [-0.15, -0.1) is 0 Å². The average Bonchev–Trinajstić information content (AvgIpc) is 2.89. The number of amides is 1. The number of anilines is 2. The molecule has 0 spiro atoms. The largest absolute Gasteiger partial charge is 0.351 e. The Kier molecular flexibility index (Phi) is 4.55. The second-order valence-corrected chi connectivity index (χ2v) is 5.96. The number of hydrogen-bond acceptors (Lipinski definition) is 5. The summed E-state index contributed by atoms with van der Waals surface area (Å²) < 4.78 is 1.63. The molecule has 0 atom stereocenters. The minimum atomic E-state index is -0.135. The van der Waals surface area contributed by atoms with Gasteiger partial charge in [0.1, 0.15) is 5.82 Å². The molecule has 23 heavy (non-hydrogen) atoms. The second kappa shape index (κ2) is 6.76. The lowest BCUT2D eigenvalue weighted by Gasteiger charge is -2.22. The van der Waals surface area contributed by atoms with E-state index in [1.54, 1.807) is 24.1 Å². The molecule has 0 aliphatic heterocycles. The second-order valence-electron chi connectivity index (χ2n) is 5.96. The summed E-state index contributed by atoms with van der Waals surface area (Å²) in [5, 5.41) is 10.4. The quantitative estimate of drug-likeness (QED) is 0.906. The van der Waals surface area contributed by atoms with Gasteiger partial charge in [-0.2, -0.15) is 5.10 Å². The van der Waals surface area contributed by atoms with Gasteiger partial charge in [-0.05, 0) is 18.9 Å². The lowest BCUT2D eigenvalue weighted by molar-refractivity contribution is -0.114. The number of rotatable bonds is 4. The van der Waals surface area contributed by atoms with E-state index in [1.807, 2.05) is 6.07 Å². The monoisotopic (exact) mass is 314 g/mol. The number of aryl methyl sites for hydroxylation is 1. The van der Waals surface area contributed by atoms with E-state index in [4.69, 9.17) is 0 Å². The summed E-state index contributed by atoms with van der Waals surface area (Å²) in [6.07, 6.45) is 9.60. The Bertz CT molecular complexity index is 690. The fourth-order valence-corrected chi connectivity index (χ4v) is 2.95. The zero-order valence-corrected chi connectivity index (χ0v) is 13.5. The first-order valence-corrected chi connectivity index (χ1v) is 8.03. The van der Waals surface area contributed by atoms with Gasteiger partial charge in [-0.1, -0.05) is 19.3 Å². The minimum Gasteiger partial charge on any atom is -0.351 e. The molecule has 2 aromatic heterocycles. The van der Waals surface area contributed by atoms with Crippen LogP contribution in [0.4, 0.5) is 11.8 Å². The fourth-order valence-electron chi connectivity index (χ4n) is 2.95. The van der Waals surface area contributed by atoms with Crippen LogP contribution >= 0.6 is 0 Å². The van der Waals surface area contributed by atoms with Crippen LogP contribution in [0.1, 0.15) is 39.0 Å². The Morgan fingerprint density at radius 2 is 2.09 bits per heavy atom. The molecule has 1 amide bonds. The molecule has 0 radical (unpaired) electrons. The van der Waals surface area contributed by atoms with E-state index >= 15 is 0 Å². The van der Waals surface area contributed by atoms with Gasteiger partial charge in [-0.25, -0.2) is 9.97 Å². The van der Waals surface area contributed by atoms with E-state index in [2.05, 4.69) is 25.7 Å². The Morgan fingerprint density at radius 3 is 2.83 bits per heavy atom. The molecule has 0 saturated heterocycles. The van der Waals surface area contributed by atoms with Gasteiger partial charge in [0.05, 0.1) is 17.5 Å². The molecule has 1 saturated carbocycles. The highest BCUT2D eigenvalue weighted by Gasteiger charge is 2.16. The van der Waals surface area contributed by atoms with Crippen molar-refractivity contribution in [2.24, 2.45) is 7.05 Å². The summed E-state index contributed by atoms with van der Waals surface area (Å²) in [7, 11) is 1.79. The van der Waals surface area contributed by atoms with Crippen molar-refractivity contribution < 1.29 is 4.79 Å². The van der Waals surface area contributed by atoms with E-state index < -0.39 is 0 Å². The summed E-state index contributed by atoms with van der Waals surface area (Å²) in [6.45, 7) is 1.48. The van der Waals surface area contributed by atoms with Gasteiger partial charge in [0, 0.05) is 26.2 Å². The van der Waals surface area contributed by atoms with E-state index in [1.165, 1.54) is 26.2 Å². The Balaban J connectivity index is 1.83. The molecule has 2 heterocycles. The van der Waals surface area contributed by atoms with Gasteiger partial charge in [-0.3, -0.25) is 9.48 Å². The van der Waals surface area contributed by atoms with Crippen LogP contribution in [-0.4, -0.2) is 31.7 Å². The highest BCUT2D eigenvalue weighted by Crippen LogP contribution is 2.27. The van der Waals surface area contributed by atoms with Gasteiger partial charge in [0.2, 0.25) is 11.9 Å². The van der Waals surface area contributed by atoms with Gasteiger partial charge in [0.25, 0.3) is 0 Å². The van der Waals surface area contributed by atoms with Crippen molar-refractivity contribution in [1.29, 1.82) is 0 Å². The molecular formula is C16H22N6O. The van der Waals surface area contributed by atoms with Crippen molar-refractivity contribution >= 4 is 17.7 Å². The molecule has 1 aliphatic carbocycles. The summed E-state index contributed by atoms with van der Waals surface area (Å²) in [5.74, 6) is 1.14. The molecule has 7 heteroatoms. The first-order chi connectivity index (χ1) is 11.1. The molecule has 3 rings (SSSR count). The molecule has 7 nitrogen and oxygen atoms in total. The Hall–Kier alpha value is -2.44. The number of aromatic nitrogens is 4. The predicted molar refractivity (Wildman–Crippen MR) is 89.0 cm³/mol. The van der Waals surface area contributed by atoms with Crippen molar-refractivity contribution in [2.75, 3.05) is 10.6 Å².